The molecule has 3 nitrogen and oxygen atoms in total. The molecule has 114 valence electrons. The quantitative estimate of drug-likeness (QED) is 0.569. The van der Waals surface area contributed by atoms with Crippen molar-refractivity contribution in [2.24, 2.45) is 0 Å². The molecule has 2 aromatic carbocycles. The zero-order chi connectivity index (χ0) is 16.1. The highest BCUT2D eigenvalue weighted by Crippen LogP contribution is 2.27. The van der Waals surface area contributed by atoms with Crippen molar-refractivity contribution in [3.8, 4) is 0 Å². The molecule has 0 aliphatic carbocycles. The molecule has 0 N–H and O–H groups in total. The van der Waals surface area contributed by atoms with E-state index < -0.39 is 17.0 Å². The van der Waals surface area contributed by atoms with Gasteiger partial charge in [-0.05, 0) is 48.5 Å². The Labute approximate surface area is 139 Å². The number of rotatable bonds is 6. The molecule has 0 fully saturated rings. The summed E-state index contributed by atoms with van der Waals surface area (Å²) < 4.78 is 13.7. The third kappa shape index (κ3) is 4.68. The van der Waals surface area contributed by atoms with Crippen molar-refractivity contribution < 1.29 is 19.1 Å². The maximum atomic E-state index is 12.8. The number of carboxylic acid groups (broad SMARTS) is 1. The molecule has 0 spiro atoms. The second kappa shape index (κ2) is 7.56. The maximum Gasteiger partial charge on any atom is 0.164 e. The van der Waals surface area contributed by atoms with E-state index in [-0.39, 0.29) is 17.8 Å². The lowest BCUT2D eigenvalue weighted by Crippen LogP contribution is -2.35. The number of hydrogen-bond acceptors (Lipinski definition) is 4. The topological polar surface area (TPSA) is 57.2 Å². The van der Waals surface area contributed by atoms with Crippen LogP contribution in [0.15, 0.2) is 57.9 Å². The first-order chi connectivity index (χ1) is 10.5. The molecule has 2 aromatic rings. The van der Waals surface area contributed by atoms with Crippen LogP contribution in [0.25, 0.3) is 0 Å². The molecule has 0 amide bonds. The number of hydrogen-bond donors (Lipinski definition) is 0. The fourth-order valence-corrected chi connectivity index (χ4v) is 2.99. The van der Waals surface area contributed by atoms with Crippen molar-refractivity contribution >= 4 is 39.4 Å². The van der Waals surface area contributed by atoms with E-state index >= 15 is 0 Å². The molecule has 0 bridgehead atoms. The fraction of sp³-hybridized carbons (Fsp3) is 0.125. The summed E-state index contributed by atoms with van der Waals surface area (Å²) in [6, 6.07) is 12.1. The average Bonchev–Trinajstić information content (AvgIpc) is 2.49. The summed E-state index contributed by atoms with van der Waals surface area (Å²) in [7, 11) is 0. The minimum Gasteiger partial charge on any atom is -0.549 e. The lowest BCUT2D eigenvalue weighted by molar-refractivity contribution is -0.304. The lowest BCUT2D eigenvalue weighted by Gasteiger charge is -2.17. The van der Waals surface area contributed by atoms with Crippen LogP contribution in [0.5, 0.6) is 0 Å². The first kappa shape index (κ1) is 16.7. The molecule has 0 aromatic heterocycles. The summed E-state index contributed by atoms with van der Waals surface area (Å²) >= 11 is 4.35. The van der Waals surface area contributed by atoms with Gasteiger partial charge in [0.1, 0.15) is 5.82 Å². The summed E-state index contributed by atoms with van der Waals surface area (Å²) in [5.41, 5.74) is 0.282. The van der Waals surface area contributed by atoms with Crippen LogP contribution >= 0.6 is 27.7 Å². The maximum absolute atomic E-state index is 12.8. The van der Waals surface area contributed by atoms with Gasteiger partial charge in [0.2, 0.25) is 0 Å². The van der Waals surface area contributed by atoms with Crippen molar-refractivity contribution in [2.75, 3.05) is 0 Å². The molecule has 2 rings (SSSR count). The van der Waals surface area contributed by atoms with E-state index in [0.29, 0.717) is 0 Å². The Hall–Kier alpha value is -1.66. The number of thioether (sulfide) groups is 1. The Morgan fingerprint density at radius 1 is 1.09 bits per heavy atom. The van der Waals surface area contributed by atoms with Gasteiger partial charge in [0.25, 0.3) is 0 Å². The van der Waals surface area contributed by atoms with Gasteiger partial charge in [0.05, 0.1) is 11.2 Å². The van der Waals surface area contributed by atoms with Gasteiger partial charge in [-0.2, -0.15) is 0 Å². The predicted molar refractivity (Wildman–Crippen MR) is 84.1 cm³/mol. The second-order valence-electron chi connectivity index (χ2n) is 4.51. The summed E-state index contributed by atoms with van der Waals surface area (Å²) in [6.07, 6.45) is -0.214. The third-order valence-corrected chi connectivity index (χ3v) is 4.61. The summed E-state index contributed by atoms with van der Waals surface area (Å²) in [5, 5.41) is 10.2. The fourth-order valence-electron chi connectivity index (χ4n) is 1.77. The van der Waals surface area contributed by atoms with Gasteiger partial charge in [-0.1, -0.05) is 15.9 Å². The van der Waals surface area contributed by atoms with E-state index in [1.54, 1.807) is 24.3 Å². The molecule has 0 saturated heterocycles. The number of ketones is 1. The average molecular weight is 382 g/mol. The summed E-state index contributed by atoms with van der Waals surface area (Å²) in [4.78, 5) is 24.0. The molecule has 6 heteroatoms. The van der Waals surface area contributed by atoms with E-state index in [2.05, 4.69) is 15.9 Å². The lowest BCUT2D eigenvalue weighted by atomic mass is 10.1. The first-order valence-electron chi connectivity index (χ1n) is 6.37. The number of carboxylic acids is 1. The van der Waals surface area contributed by atoms with E-state index in [0.717, 1.165) is 21.1 Å². The molecule has 0 heterocycles. The summed E-state index contributed by atoms with van der Waals surface area (Å²) in [5.74, 6) is -2.11. The zero-order valence-electron chi connectivity index (χ0n) is 11.3. The second-order valence-corrected chi connectivity index (χ2v) is 6.71. The molecule has 22 heavy (non-hydrogen) atoms. The Morgan fingerprint density at radius 2 is 1.68 bits per heavy atom. The van der Waals surface area contributed by atoms with Crippen LogP contribution in [0, 0.1) is 5.82 Å². The molecular weight excluding hydrogens is 371 g/mol. The molecule has 0 aliphatic heterocycles. The van der Waals surface area contributed by atoms with E-state index in [9.17, 15) is 19.1 Å². The molecule has 0 radical (unpaired) electrons. The number of carbonyl (C=O) groups is 2. The van der Waals surface area contributed by atoms with Crippen LogP contribution in [0.4, 0.5) is 4.39 Å². The van der Waals surface area contributed by atoms with Crippen LogP contribution in [-0.4, -0.2) is 17.0 Å². The SMILES string of the molecule is O=C(C[C@@H](Sc1ccc(Br)cc1)C(=O)[O-])c1ccc(F)cc1. The van der Waals surface area contributed by atoms with Gasteiger partial charge in [0, 0.05) is 21.4 Å². The largest absolute Gasteiger partial charge is 0.549 e. The predicted octanol–water partition coefficient (Wildman–Crippen LogP) is 3.07. The Bertz CT molecular complexity index is 671. The highest BCUT2D eigenvalue weighted by atomic mass is 79.9. The van der Waals surface area contributed by atoms with Gasteiger partial charge in [0.15, 0.2) is 5.78 Å². The van der Waals surface area contributed by atoms with Crippen molar-refractivity contribution in [1.29, 1.82) is 0 Å². The third-order valence-electron chi connectivity index (χ3n) is 2.89. The van der Waals surface area contributed by atoms with E-state index in [1.807, 2.05) is 0 Å². The number of halogens is 2. The van der Waals surface area contributed by atoms with Gasteiger partial charge in [-0.3, -0.25) is 4.79 Å². The Kier molecular flexibility index (Phi) is 5.74. The minimum atomic E-state index is -1.30. The van der Waals surface area contributed by atoms with Crippen LogP contribution in [-0.2, 0) is 4.79 Å². The number of benzene rings is 2. The highest BCUT2D eigenvalue weighted by molar-refractivity contribution is 9.10. The smallest absolute Gasteiger partial charge is 0.164 e. The molecule has 0 unspecified atom stereocenters. The summed E-state index contributed by atoms with van der Waals surface area (Å²) in [6.45, 7) is 0. The first-order valence-corrected chi connectivity index (χ1v) is 8.05. The van der Waals surface area contributed by atoms with Crippen molar-refractivity contribution in [3.05, 3.63) is 64.4 Å². The Morgan fingerprint density at radius 3 is 2.23 bits per heavy atom. The van der Waals surface area contributed by atoms with Gasteiger partial charge >= 0.3 is 0 Å². The zero-order valence-corrected chi connectivity index (χ0v) is 13.7. The molecule has 0 saturated carbocycles. The monoisotopic (exact) mass is 381 g/mol. The molecule has 0 aliphatic rings. The highest BCUT2D eigenvalue weighted by Gasteiger charge is 2.18. The van der Waals surface area contributed by atoms with Crippen LogP contribution in [0.3, 0.4) is 0 Å². The van der Waals surface area contributed by atoms with Crippen molar-refractivity contribution in [3.63, 3.8) is 0 Å². The van der Waals surface area contributed by atoms with Crippen molar-refractivity contribution in [2.45, 2.75) is 16.6 Å². The van der Waals surface area contributed by atoms with E-state index in [1.165, 1.54) is 24.3 Å². The number of Topliss-reactive ketones (excluding diaryl/α,β-unsaturated/α-hetero) is 1. The van der Waals surface area contributed by atoms with Gasteiger partial charge in [-0.25, -0.2) is 4.39 Å². The number of aliphatic carboxylic acids is 1. The van der Waals surface area contributed by atoms with Crippen LogP contribution < -0.4 is 5.11 Å². The van der Waals surface area contributed by atoms with E-state index in [4.69, 9.17) is 0 Å². The number of carbonyl (C=O) groups excluding carboxylic acids is 2. The standard InChI is InChI=1S/C16H12BrFO3S/c17-11-3-7-13(8-4-11)22-15(16(20)21)9-14(19)10-1-5-12(18)6-2-10/h1-8,15H,9H2,(H,20,21)/p-1/t15-/m1/s1. The molecule has 1 atom stereocenters. The van der Waals surface area contributed by atoms with Crippen LogP contribution in [0.2, 0.25) is 0 Å². The minimum absolute atomic E-state index is 0.214. The van der Waals surface area contributed by atoms with Crippen molar-refractivity contribution in [1.82, 2.24) is 0 Å². The van der Waals surface area contributed by atoms with Gasteiger partial charge < -0.3 is 9.90 Å². The normalized spacial score (nSPS) is 11.9. The van der Waals surface area contributed by atoms with Gasteiger partial charge in [-0.15, -0.1) is 11.8 Å². The molecular formula is C16H11BrFO3S-. The van der Waals surface area contributed by atoms with Crippen LogP contribution in [0.1, 0.15) is 16.8 Å². The Balaban J connectivity index is 2.08.